The first-order valence-electron chi connectivity index (χ1n) is 7.61. The highest BCUT2D eigenvalue weighted by Crippen LogP contribution is 2.13. The molecule has 2 rings (SSSR count). The number of benzene rings is 1. The maximum atomic E-state index is 11.7. The lowest BCUT2D eigenvalue weighted by Gasteiger charge is -2.32. The Balaban J connectivity index is 1.69. The maximum Gasteiger partial charge on any atom is 0.315 e. The van der Waals surface area contributed by atoms with Gasteiger partial charge in [-0.25, -0.2) is 4.79 Å². The van der Waals surface area contributed by atoms with Gasteiger partial charge in [0.2, 0.25) is 0 Å². The second-order valence-electron chi connectivity index (χ2n) is 5.74. The zero-order valence-electron chi connectivity index (χ0n) is 12.6. The summed E-state index contributed by atoms with van der Waals surface area (Å²) in [5.41, 5.74) is 1.33. The van der Waals surface area contributed by atoms with Crippen molar-refractivity contribution >= 4 is 6.03 Å². The summed E-state index contributed by atoms with van der Waals surface area (Å²) in [6.45, 7) is 4.71. The Morgan fingerprint density at radius 1 is 1.33 bits per heavy atom. The fourth-order valence-electron chi connectivity index (χ4n) is 2.57. The molecule has 0 spiro atoms. The van der Waals surface area contributed by atoms with Crippen LogP contribution in [0.3, 0.4) is 0 Å². The quantitative estimate of drug-likeness (QED) is 0.767. The minimum atomic E-state index is -0.205. The standard InChI is InChI=1S/C16H25N3O2/c1-13(12-20)17-16(21)18-15-7-9-19(10-8-15)11-14-5-3-2-4-6-14/h2-6,13,15,20H,7-12H2,1H3,(H2,17,18,21). The summed E-state index contributed by atoms with van der Waals surface area (Å²) in [6, 6.07) is 10.3. The van der Waals surface area contributed by atoms with Crippen LogP contribution < -0.4 is 10.6 Å². The van der Waals surface area contributed by atoms with Gasteiger partial charge in [-0.05, 0) is 25.3 Å². The highest BCUT2D eigenvalue weighted by Gasteiger charge is 2.20. The molecule has 0 radical (unpaired) electrons. The summed E-state index contributed by atoms with van der Waals surface area (Å²) in [4.78, 5) is 14.1. The summed E-state index contributed by atoms with van der Waals surface area (Å²) in [5.74, 6) is 0. The molecule has 1 aromatic rings. The summed E-state index contributed by atoms with van der Waals surface area (Å²) >= 11 is 0. The summed E-state index contributed by atoms with van der Waals surface area (Å²) in [6.07, 6.45) is 1.93. The molecule has 1 fully saturated rings. The second-order valence-corrected chi connectivity index (χ2v) is 5.74. The average Bonchev–Trinajstić information content (AvgIpc) is 2.50. The number of likely N-dealkylation sites (tertiary alicyclic amines) is 1. The molecule has 21 heavy (non-hydrogen) atoms. The number of nitrogens with zero attached hydrogens (tertiary/aromatic N) is 1. The van der Waals surface area contributed by atoms with Gasteiger partial charge in [0.25, 0.3) is 0 Å². The van der Waals surface area contributed by atoms with Gasteiger partial charge in [0.1, 0.15) is 0 Å². The number of hydrogen-bond acceptors (Lipinski definition) is 3. The second kappa shape index (κ2) is 8.00. The number of piperidine rings is 1. The monoisotopic (exact) mass is 291 g/mol. The number of rotatable bonds is 5. The van der Waals surface area contributed by atoms with Crippen LogP contribution in [0.25, 0.3) is 0 Å². The van der Waals surface area contributed by atoms with E-state index in [-0.39, 0.29) is 24.7 Å². The SMILES string of the molecule is CC(CO)NC(=O)NC1CCN(Cc2ccccc2)CC1. The highest BCUT2D eigenvalue weighted by molar-refractivity contribution is 5.74. The van der Waals surface area contributed by atoms with Crippen LogP contribution in [0.5, 0.6) is 0 Å². The molecule has 0 aliphatic carbocycles. The average molecular weight is 291 g/mol. The van der Waals surface area contributed by atoms with Gasteiger partial charge in [0.15, 0.2) is 0 Å². The third-order valence-corrected chi connectivity index (χ3v) is 3.82. The van der Waals surface area contributed by atoms with Crippen molar-refractivity contribution in [3.8, 4) is 0 Å². The van der Waals surface area contributed by atoms with Gasteiger partial charge < -0.3 is 15.7 Å². The molecule has 1 aliphatic rings. The number of carbonyl (C=O) groups is 1. The van der Waals surface area contributed by atoms with Gasteiger partial charge in [-0.15, -0.1) is 0 Å². The van der Waals surface area contributed by atoms with Crippen LogP contribution in [-0.4, -0.2) is 47.8 Å². The first-order valence-corrected chi connectivity index (χ1v) is 7.61. The summed E-state index contributed by atoms with van der Waals surface area (Å²) in [7, 11) is 0. The van der Waals surface area contributed by atoms with Crippen molar-refractivity contribution in [3.05, 3.63) is 35.9 Å². The van der Waals surface area contributed by atoms with E-state index in [4.69, 9.17) is 5.11 Å². The number of urea groups is 1. The first-order chi connectivity index (χ1) is 10.2. The molecular formula is C16H25N3O2. The summed E-state index contributed by atoms with van der Waals surface area (Å²) in [5, 5.41) is 14.6. The van der Waals surface area contributed by atoms with Crippen LogP contribution in [0, 0.1) is 0 Å². The van der Waals surface area contributed by atoms with Crippen molar-refractivity contribution in [2.75, 3.05) is 19.7 Å². The fraction of sp³-hybridized carbons (Fsp3) is 0.562. The van der Waals surface area contributed by atoms with E-state index in [9.17, 15) is 4.79 Å². The van der Waals surface area contributed by atoms with Crippen molar-refractivity contribution in [1.82, 2.24) is 15.5 Å². The lowest BCUT2D eigenvalue weighted by atomic mass is 10.0. The van der Waals surface area contributed by atoms with Crippen molar-refractivity contribution < 1.29 is 9.90 Å². The number of aliphatic hydroxyl groups is 1. The van der Waals surface area contributed by atoms with E-state index in [1.165, 1.54) is 5.56 Å². The molecule has 5 heteroatoms. The third kappa shape index (κ3) is 5.36. The molecule has 0 bridgehead atoms. The number of nitrogens with one attached hydrogen (secondary N) is 2. The third-order valence-electron chi connectivity index (χ3n) is 3.82. The Morgan fingerprint density at radius 2 is 2.00 bits per heavy atom. The molecule has 1 aliphatic heterocycles. The van der Waals surface area contributed by atoms with E-state index in [0.717, 1.165) is 32.5 Å². The van der Waals surface area contributed by atoms with Gasteiger partial charge >= 0.3 is 6.03 Å². The molecule has 1 aromatic carbocycles. The Bertz CT molecular complexity index is 430. The summed E-state index contributed by atoms with van der Waals surface area (Å²) < 4.78 is 0. The largest absolute Gasteiger partial charge is 0.394 e. The molecule has 116 valence electrons. The van der Waals surface area contributed by atoms with E-state index in [1.54, 1.807) is 6.92 Å². The van der Waals surface area contributed by atoms with Crippen LogP contribution in [-0.2, 0) is 6.54 Å². The Morgan fingerprint density at radius 3 is 2.62 bits per heavy atom. The molecule has 1 heterocycles. The van der Waals surface area contributed by atoms with Crippen molar-refractivity contribution in [2.45, 2.75) is 38.4 Å². The molecule has 3 N–H and O–H groups in total. The Kier molecular flexibility index (Phi) is 6.02. The number of aliphatic hydroxyl groups excluding tert-OH is 1. The minimum Gasteiger partial charge on any atom is -0.394 e. The highest BCUT2D eigenvalue weighted by atomic mass is 16.3. The van der Waals surface area contributed by atoms with Gasteiger partial charge in [-0.1, -0.05) is 30.3 Å². The fourth-order valence-corrected chi connectivity index (χ4v) is 2.57. The molecule has 0 saturated carbocycles. The predicted molar refractivity (Wildman–Crippen MR) is 83.0 cm³/mol. The Labute approximate surface area is 126 Å². The molecule has 2 amide bonds. The smallest absolute Gasteiger partial charge is 0.315 e. The topological polar surface area (TPSA) is 64.6 Å². The van der Waals surface area contributed by atoms with Crippen LogP contribution in [0.15, 0.2) is 30.3 Å². The van der Waals surface area contributed by atoms with Gasteiger partial charge in [-0.2, -0.15) is 0 Å². The van der Waals surface area contributed by atoms with E-state index in [1.807, 2.05) is 6.07 Å². The van der Waals surface area contributed by atoms with Gasteiger partial charge in [-0.3, -0.25) is 4.90 Å². The van der Waals surface area contributed by atoms with Gasteiger partial charge in [0, 0.05) is 25.7 Å². The molecule has 5 nitrogen and oxygen atoms in total. The molecule has 0 aromatic heterocycles. The molecule has 1 unspecified atom stereocenters. The zero-order valence-corrected chi connectivity index (χ0v) is 12.6. The minimum absolute atomic E-state index is 0.0387. The number of carbonyl (C=O) groups excluding carboxylic acids is 1. The van der Waals surface area contributed by atoms with Crippen molar-refractivity contribution in [2.24, 2.45) is 0 Å². The number of hydrogen-bond donors (Lipinski definition) is 3. The van der Waals surface area contributed by atoms with E-state index < -0.39 is 0 Å². The lowest BCUT2D eigenvalue weighted by molar-refractivity contribution is 0.183. The molecule has 1 atom stereocenters. The van der Waals surface area contributed by atoms with Crippen LogP contribution >= 0.6 is 0 Å². The molecular weight excluding hydrogens is 266 g/mol. The lowest BCUT2D eigenvalue weighted by Crippen LogP contribution is -2.50. The van der Waals surface area contributed by atoms with Crippen LogP contribution in [0.1, 0.15) is 25.3 Å². The van der Waals surface area contributed by atoms with Crippen molar-refractivity contribution in [1.29, 1.82) is 0 Å². The predicted octanol–water partition coefficient (Wildman–Crippen LogP) is 1.33. The van der Waals surface area contributed by atoms with Crippen molar-refractivity contribution in [3.63, 3.8) is 0 Å². The zero-order chi connectivity index (χ0) is 15.1. The van der Waals surface area contributed by atoms with Crippen LogP contribution in [0.2, 0.25) is 0 Å². The van der Waals surface area contributed by atoms with E-state index >= 15 is 0 Å². The normalized spacial score (nSPS) is 18.2. The molecule has 1 saturated heterocycles. The van der Waals surface area contributed by atoms with E-state index in [2.05, 4.69) is 39.8 Å². The maximum absolute atomic E-state index is 11.7. The number of amides is 2. The first kappa shape index (κ1) is 15.8. The van der Waals surface area contributed by atoms with Crippen LogP contribution in [0.4, 0.5) is 4.79 Å². The van der Waals surface area contributed by atoms with E-state index in [0.29, 0.717) is 0 Å². The Hall–Kier alpha value is -1.59. The van der Waals surface area contributed by atoms with Gasteiger partial charge in [0.05, 0.1) is 12.6 Å².